The Kier molecular flexibility index (Phi) is 3.32. The van der Waals surface area contributed by atoms with Crippen molar-refractivity contribution >= 4 is 10.9 Å². The van der Waals surface area contributed by atoms with Crippen LogP contribution in [0, 0.1) is 0 Å². The molecule has 0 unspecified atom stereocenters. The minimum atomic E-state index is 0.599. The number of hydrogen-bond donors (Lipinski definition) is 3. The first-order valence-corrected chi connectivity index (χ1v) is 6.59. The van der Waals surface area contributed by atoms with Gasteiger partial charge in [0.25, 0.3) is 0 Å². The topological polar surface area (TPSA) is 57.1 Å². The van der Waals surface area contributed by atoms with Crippen molar-refractivity contribution in [3.63, 3.8) is 0 Å². The van der Waals surface area contributed by atoms with Crippen LogP contribution in [0.4, 0.5) is 0 Å². The Hall–Kier alpha value is -1.36. The highest BCUT2D eigenvalue weighted by atomic mass is 15.2. The number of rotatable bonds is 3. The molecule has 1 aliphatic rings. The summed E-state index contributed by atoms with van der Waals surface area (Å²) in [4.78, 5) is 5.98. The van der Waals surface area contributed by atoms with Gasteiger partial charge in [0.1, 0.15) is 0 Å². The van der Waals surface area contributed by atoms with E-state index < -0.39 is 0 Å². The van der Waals surface area contributed by atoms with Crippen LogP contribution in [0.5, 0.6) is 0 Å². The van der Waals surface area contributed by atoms with Gasteiger partial charge in [-0.05, 0) is 17.7 Å². The number of nitrogens with zero attached hydrogens (tertiary/aromatic N) is 1. The van der Waals surface area contributed by atoms with E-state index in [1.54, 1.807) is 0 Å². The Morgan fingerprint density at radius 3 is 2.83 bits per heavy atom. The number of hydrogen-bond acceptors (Lipinski definition) is 3. The Bertz CT molecular complexity index is 526. The van der Waals surface area contributed by atoms with E-state index in [1.165, 1.54) is 22.2 Å². The molecule has 0 aliphatic carbocycles. The molecule has 4 N–H and O–H groups in total. The van der Waals surface area contributed by atoms with Crippen LogP contribution in [0.15, 0.2) is 24.3 Å². The maximum atomic E-state index is 5.78. The highest BCUT2D eigenvalue weighted by Gasteiger charge is 2.11. The highest BCUT2D eigenvalue weighted by molar-refractivity contribution is 5.83. The average molecular weight is 244 g/mol. The molecule has 1 aromatic carbocycles. The fourth-order valence-corrected chi connectivity index (χ4v) is 2.65. The fraction of sp³-hybridized carbons (Fsp3) is 0.429. The summed E-state index contributed by atoms with van der Waals surface area (Å²) in [5.74, 6) is 0. The lowest BCUT2D eigenvalue weighted by molar-refractivity contribution is 0.231. The summed E-state index contributed by atoms with van der Waals surface area (Å²) >= 11 is 0. The van der Waals surface area contributed by atoms with E-state index in [0.29, 0.717) is 6.54 Å². The minimum Gasteiger partial charge on any atom is -0.357 e. The zero-order chi connectivity index (χ0) is 12.4. The molecule has 0 saturated carbocycles. The average Bonchev–Trinajstić information content (AvgIpc) is 2.82. The molecule has 3 rings (SSSR count). The molecular formula is C14H20N4. The Morgan fingerprint density at radius 1 is 1.22 bits per heavy atom. The number of benzene rings is 1. The SMILES string of the molecule is NCc1cccc2[nH]c(CN3CCNCC3)cc12. The first-order chi connectivity index (χ1) is 8.86. The van der Waals surface area contributed by atoms with Crippen molar-refractivity contribution in [3.8, 4) is 0 Å². The number of fused-ring (bicyclic) bond motifs is 1. The second-order valence-electron chi connectivity index (χ2n) is 4.90. The first-order valence-electron chi connectivity index (χ1n) is 6.59. The maximum Gasteiger partial charge on any atom is 0.0459 e. The predicted octanol–water partition coefficient (Wildman–Crippen LogP) is 1.03. The number of aromatic nitrogens is 1. The van der Waals surface area contributed by atoms with Crippen molar-refractivity contribution in [2.45, 2.75) is 13.1 Å². The summed E-state index contributed by atoms with van der Waals surface area (Å²) in [6, 6.07) is 8.54. The number of nitrogens with one attached hydrogen (secondary N) is 2. The summed E-state index contributed by atoms with van der Waals surface area (Å²) in [6.07, 6.45) is 0. The van der Waals surface area contributed by atoms with Crippen molar-refractivity contribution in [1.29, 1.82) is 0 Å². The van der Waals surface area contributed by atoms with Crippen LogP contribution >= 0.6 is 0 Å². The van der Waals surface area contributed by atoms with E-state index in [4.69, 9.17) is 5.73 Å². The zero-order valence-corrected chi connectivity index (χ0v) is 10.6. The van der Waals surface area contributed by atoms with Gasteiger partial charge in [0, 0.05) is 55.9 Å². The quantitative estimate of drug-likeness (QED) is 0.756. The predicted molar refractivity (Wildman–Crippen MR) is 74.3 cm³/mol. The van der Waals surface area contributed by atoms with Gasteiger partial charge in [0.05, 0.1) is 0 Å². The number of nitrogens with two attached hydrogens (primary N) is 1. The Morgan fingerprint density at radius 2 is 2.06 bits per heavy atom. The lowest BCUT2D eigenvalue weighted by atomic mass is 10.1. The van der Waals surface area contributed by atoms with Crippen LogP contribution in [0.25, 0.3) is 10.9 Å². The molecule has 0 atom stereocenters. The molecule has 1 aliphatic heterocycles. The summed E-state index contributed by atoms with van der Waals surface area (Å²) in [5.41, 5.74) is 9.48. The van der Waals surface area contributed by atoms with E-state index >= 15 is 0 Å². The van der Waals surface area contributed by atoms with Gasteiger partial charge >= 0.3 is 0 Å². The first kappa shape index (κ1) is 11.7. The molecule has 2 heterocycles. The van der Waals surface area contributed by atoms with Crippen molar-refractivity contribution in [3.05, 3.63) is 35.5 Å². The summed E-state index contributed by atoms with van der Waals surface area (Å²) in [6.45, 7) is 6.03. The second-order valence-corrected chi connectivity index (χ2v) is 4.90. The largest absolute Gasteiger partial charge is 0.357 e. The molecule has 0 spiro atoms. The lowest BCUT2D eigenvalue weighted by Crippen LogP contribution is -2.42. The lowest BCUT2D eigenvalue weighted by Gasteiger charge is -2.26. The minimum absolute atomic E-state index is 0.599. The van der Waals surface area contributed by atoms with Crippen molar-refractivity contribution in [2.24, 2.45) is 5.73 Å². The summed E-state index contributed by atoms with van der Waals surface area (Å²) in [7, 11) is 0. The van der Waals surface area contributed by atoms with Gasteiger partial charge in [-0.3, -0.25) is 4.90 Å². The van der Waals surface area contributed by atoms with Crippen LogP contribution in [0.2, 0.25) is 0 Å². The summed E-state index contributed by atoms with van der Waals surface area (Å²) < 4.78 is 0. The molecule has 18 heavy (non-hydrogen) atoms. The van der Waals surface area contributed by atoms with Crippen molar-refractivity contribution < 1.29 is 0 Å². The molecule has 0 radical (unpaired) electrons. The van der Waals surface area contributed by atoms with E-state index in [1.807, 2.05) is 0 Å². The third kappa shape index (κ3) is 2.27. The second kappa shape index (κ2) is 5.10. The molecule has 2 aromatic rings. The number of aromatic amines is 1. The van der Waals surface area contributed by atoms with E-state index in [0.717, 1.165) is 32.7 Å². The number of H-pyrrole nitrogens is 1. The molecule has 1 fully saturated rings. The van der Waals surface area contributed by atoms with Gasteiger partial charge in [-0.25, -0.2) is 0 Å². The molecule has 0 amide bonds. The Balaban J connectivity index is 1.84. The number of piperazine rings is 1. The van der Waals surface area contributed by atoms with Gasteiger partial charge in [-0.2, -0.15) is 0 Å². The monoisotopic (exact) mass is 244 g/mol. The van der Waals surface area contributed by atoms with Crippen LogP contribution in [0.3, 0.4) is 0 Å². The van der Waals surface area contributed by atoms with Gasteiger partial charge in [0.15, 0.2) is 0 Å². The highest BCUT2D eigenvalue weighted by Crippen LogP contribution is 2.20. The summed E-state index contributed by atoms with van der Waals surface area (Å²) in [5, 5.41) is 4.65. The van der Waals surface area contributed by atoms with Gasteiger partial charge in [0.2, 0.25) is 0 Å². The smallest absolute Gasteiger partial charge is 0.0459 e. The molecular weight excluding hydrogens is 224 g/mol. The molecule has 0 bridgehead atoms. The van der Waals surface area contributed by atoms with Crippen LogP contribution in [0.1, 0.15) is 11.3 Å². The van der Waals surface area contributed by atoms with Gasteiger partial charge < -0.3 is 16.0 Å². The van der Waals surface area contributed by atoms with Crippen molar-refractivity contribution in [2.75, 3.05) is 26.2 Å². The van der Waals surface area contributed by atoms with Crippen LogP contribution in [-0.2, 0) is 13.1 Å². The third-order valence-corrected chi connectivity index (χ3v) is 3.63. The molecule has 4 heteroatoms. The van der Waals surface area contributed by atoms with Crippen molar-refractivity contribution in [1.82, 2.24) is 15.2 Å². The molecule has 1 saturated heterocycles. The van der Waals surface area contributed by atoms with E-state index in [9.17, 15) is 0 Å². The zero-order valence-electron chi connectivity index (χ0n) is 10.6. The molecule has 1 aromatic heterocycles. The maximum absolute atomic E-state index is 5.78. The van der Waals surface area contributed by atoms with E-state index in [2.05, 4.69) is 39.5 Å². The molecule has 96 valence electrons. The van der Waals surface area contributed by atoms with Crippen LogP contribution in [-0.4, -0.2) is 36.1 Å². The normalized spacial score (nSPS) is 17.4. The van der Waals surface area contributed by atoms with E-state index in [-0.39, 0.29) is 0 Å². The fourth-order valence-electron chi connectivity index (χ4n) is 2.65. The Labute approximate surface area is 107 Å². The van der Waals surface area contributed by atoms with Gasteiger partial charge in [-0.1, -0.05) is 12.1 Å². The van der Waals surface area contributed by atoms with Crippen LogP contribution < -0.4 is 11.1 Å². The van der Waals surface area contributed by atoms with Gasteiger partial charge in [-0.15, -0.1) is 0 Å². The molecule has 4 nitrogen and oxygen atoms in total. The third-order valence-electron chi connectivity index (χ3n) is 3.63. The standard InChI is InChI=1S/C14H20N4/c15-9-11-2-1-3-14-13(11)8-12(17-14)10-18-6-4-16-5-7-18/h1-3,8,16-17H,4-7,9-10,15H2.